The van der Waals surface area contributed by atoms with E-state index in [1.54, 1.807) is 0 Å². The lowest BCUT2D eigenvalue weighted by Crippen LogP contribution is -2.42. The molecular formula is C5H8N6O2. The molecule has 0 atom stereocenters. The minimum Gasteiger partial charge on any atom is -0.387 e. The number of rotatable bonds is 1. The predicted molar refractivity (Wildman–Crippen MR) is 40.3 cm³/mol. The molecule has 1 aromatic heterocycles. The Kier molecular flexibility index (Phi) is 2.06. The van der Waals surface area contributed by atoms with Gasteiger partial charge in [-0.1, -0.05) is 10.3 Å². The lowest BCUT2D eigenvalue weighted by molar-refractivity contribution is 0.139. The van der Waals surface area contributed by atoms with Crippen LogP contribution in [0.2, 0.25) is 0 Å². The van der Waals surface area contributed by atoms with Crippen molar-refractivity contribution in [3.8, 4) is 5.88 Å². The maximum absolute atomic E-state index is 11.2. The number of amides is 1. The molecule has 8 nitrogen and oxygen atoms in total. The van der Waals surface area contributed by atoms with Crippen molar-refractivity contribution in [1.82, 2.24) is 31.4 Å². The smallest absolute Gasteiger partial charge is 0.387 e. The monoisotopic (exact) mass is 184 g/mol. The number of hydrazine groups is 2. The average Bonchev–Trinajstić information content (AvgIpc) is 2.74. The third kappa shape index (κ3) is 1.73. The number of H-pyrrole nitrogens is 1. The van der Waals surface area contributed by atoms with Gasteiger partial charge in [-0.05, 0) is 0 Å². The van der Waals surface area contributed by atoms with E-state index in [1.807, 2.05) is 0 Å². The topological polar surface area (TPSA) is 95.2 Å². The molecule has 1 aromatic rings. The Labute approximate surface area is 73.2 Å². The second-order valence-corrected chi connectivity index (χ2v) is 2.37. The first kappa shape index (κ1) is 7.95. The Morgan fingerprint density at radius 3 is 3.23 bits per heavy atom. The Morgan fingerprint density at radius 2 is 2.62 bits per heavy atom. The van der Waals surface area contributed by atoms with Crippen molar-refractivity contribution in [3.05, 3.63) is 6.20 Å². The number of ether oxygens (including phenoxy) is 1. The first-order valence-electron chi connectivity index (χ1n) is 3.70. The molecule has 13 heavy (non-hydrogen) atoms. The van der Waals surface area contributed by atoms with Gasteiger partial charge in [0.25, 0.3) is 5.88 Å². The summed E-state index contributed by atoms with van der Waals surface area (Å²) in [5.41, 5.74) is 5.38. The maximum Gasteiger partial charge on any atom is 0.432 e. The number of carbonyl (C=O) groups excluding carboxylic acids is 1. The van der Waals surface area contributed by atoms with Crippen molar-refractivity contribution in [3.63, 3.8) is 0 Å². The van der Waals surface area contributed by atoms with E-state index in [-0.39, 0.29) is 5.88 Å². The van der Waals surface area contributed by atoms with E-state index < -0.39 is 6.09 Å². The summed E-state index contributed by atoms with van der Waals surface area (Å²) in [4.78, 5) is 11.2. The maximum atomic E-state index is 11.2. The fourth-order valence-corrected chi connectivity index (χ4v) is 0.897. The van der Waals surface area contributed by atoms with Gasteiger partial charge in [0.2, 0.25) is 0 Å². The zero-order valence-corrected chi connectivity index (χ0v) is 6.65. The summed E-state index contributed by atoms with van der Waals surface area (Å²) >= 11 is 0. The fourth-order valence-electron chi connectivity index (χ4n) is 0.897. The van der Waals surface area contributed by atoms with Crippen molar-refractivity contribution in [2.45, 2.75) is 0 Å². The van der Waals surface area contributed by atoms with E-state index in [4.69, 9.17) is 4.74 Å². The molecule has 1 saturated heterocycles. The van der Waals surface area contributed by atoms with E-state index in [9.17, 15) is 4.79 Å². The molecule has 1 amide bonds. The summed E-state index contributed by atoms with van der Waals surface area (Å²) in [5, 5.41) is 10.6. The summed E-state index contributed by atoms with van der Waals surface area (Å²) in [7, 11) is 0. The van der Waals surface area contributed by atoms with E-state index in [2.05, 4.69) is 26.4 Å². The highest BCUT2D eigenvalue weighted by atomic mass is 16.6. The van der Waals surface area contributed by atoms with Gasteiger partial charge < -0.3 is 4.74 Å². The molecule has 0 bridgehead atoms. The molecule has 0 aliphatic carbocycles. The number of hydrogen-bond donors (Lipinski definition) is 3. The fraction of sp³-hybridized carbons (Fsp3) is 0.400. The van der Waals surface area contributed by atoms with Crippen LogP contribution in [0.4, 0.5) is 4.79 Å². The lowest BCUT2D eigenvalue weighted by Gasteiger charge is -2.11. The van der Waals surface area contributed by atoms with Crippen LogP contribution in [0.1, 0.15) is 0 Å². The molecule has 70 valence electrons. The lowest BCUT2D eigenvalue weighted by atomic mass is 10.6. The molecule has 0 spiro atoms. The van der Waals surface area contributed by atoms with E-state index in [1.165, 1.54) is 11.2 Å². The highest BCUT2D eigenvalue weighted by molar-refractivity contribution is 5.69. The molecule has 0 saturated carbocycles. The highest BCUT2D eigenvalue weighted by Crippen LogP contribution is 2.02. The van der Waals surface area contributed by atoms with Crippen molar-refractivity contribution in [1.29, 1.82) is 0 Å². The van der Waals surface area contributed by atoms with Crippen LogP contribution in [0.25, 0.3) is 0 Å². The normalized spacial score (nSPS) is 16.2. The molecule has 3 N–H and O–H groups in total. The summed E-state index contributed by atoms with van der Waals surface area (Å²) in [6.45, 7) is 1.24. The van der Waals surface area contributed by atoms with Crippen molar-refractivity contribution >= 4 is 6.09 Å². The van der Waals surface area contributed by atoms with Crippen molar-refractivity contribution in [2.24, 2.45) is 0 Å². The molecule has 0 aromatic carbocycles. The van der Waals surface area contributed by atoms with Gasteiger partial charge >= 0.3 is 6.09 Å². The first-order chi connectivity index (χ1) is 6.36. The summed E-state index contributed by atoms with van der Waals surface area (Å²) in [5.74, 6) is 0.152. The number of nitrogens with one attached hydrogen (secondary N) is 3. The van der Waals surface area contributed by atoms with Gasteiger partial charge in [0, 0.05) is 6.54 Å². The number of aromatic amines is 1. The van der Waals surface area contributed by atoms with Crippen LogP contribution in [0, 0.1) is 0 Å². The second kappa shape index (κ2) is 3.37. The summed E-state index contributed by atoms with van der Waals surface area (Å²) in [6.07, 6.45) is 0.875. The molecule has 2 heterocycles. The Balaban J connectivity index is 1.91. The first-order valence-corrected chi connectivity index (χ1v) is 3.70. The van der Waals surface area contributed by atoms with Crippen LogP contribution >= 0.6 is 0 Å². The average molecular weight is 184 g/mol. The molecule has 0 radical (unpaired) electrons. The molecule has 1 fully saturated rings. The van der Waals surface area contributed by atoms with Gasteiger partial charge in [-0.2, -0.15) is 5.53 Å². The van der Waals surface area contributed by atoms with Gasteiger partial charge in [0.1, 0.15) is 0 Å². The van der Waals surface area contributed by atoms with Crippen molar-refractivity contribution in [2.75, 3.05) is 13.1 Å². The van der Waals surface area contributed by atoms with Crippen LogP contribution in [-0.2, 0) is 0 Å². The third-order valence-corrected chi connectivity index (χ3v) is 1.48. The molecule has 0 unspecified atom stereocenters. The number of hydrogen-bond acceptors (Lipinski definition) is 6. The van der Waals surface area contributed by atoms with E-state index in [0.717, 1.165) is 0 Å². The van der Waals surface area contributed by atoms with Crippen LogP contribution in [0.3, 0.4) is 0 Å². The SMILES string of the molecule is O=C(Oc1c[nH]nn1)N1CCNN1. The minimum atomic E-state index is -0.515. The molecule has 2 rings (SSSR count). The zero-order chi connectivity index (χ0) is 9.10. The van der Waals surface area contributed by atoms with Crippen LogP contribution in [0.5, 0.6) is 5.88 Å². The van der Waals surface area contributed by atoms with Gasteiger partial charge in [-0.25, -0.2) is 15.2 Å². The van der Waals surface area contributed by atoms with Crippen LogP contribution in [-0.4, -0.2) is 39.6 Å². The largest absolute Gasteiger partial charge is 0.432 e. The highest BCUT2D eigenvalue weighted by Gasteiger charge is 2.19. The zero-order valence-electron chi connectivity index (χ0n) is 6.65. The number of nitrogens with zero attached hydrogens (tertiary/aromatic N) is 3. The summed E-state index contributed by atoms with van der Waals surface area (Å²) < 4.78 is 4.82. The van der Waals surface area contributed by atoms with Gasteiger partial charge in [0.05, 0.1) is 12.7 Å². The number of carbonyl (C=O) groups is 1. The van der Waals surface area contributed by atoms with Gasteiger partial charge in [-0.15, -0.1) is 0 Å². The van der Waals surface area contributed by atoms with Crippen LogP contribution in [0.15, 0.2) is 6.20 Å². The summed E-state index contributed by atoms with van der Waals surface area (Å²) in [6, 6.07) is 0. The predicted octanol–water partition coefficient (Wildman–Crippen LogP) is -1.37. The van der Waals surface area contributed by atoms with Gasteiger partial charge in [-0.3, -0.25) is 5.10 Å². The standard InChI is InChI=1S/C5H8N6O2/c12-5(11-2-1-6-10-11)13-4-3-7-9-8-4/h3,6,10H,1-2H2,(H,7,8,9). The van der Waals surface area contributed by atoms with Crippen molar-refractivity contribution < 1.29 is 9.53 Å². The number of aromatic nitrogens is 3. The van der Waals surface area contributed by atoms with E-state index >= 15 is 0 Å². The Morgan fingerprint density at radius 1 is 1.69 bits per heavy atom. The molecular weight excluding hydrogens is 176 g/mol. The second-order valence-electron chi connectivity index (χ2n) is 2.37. The Hall–Kier alpha value is -1.67. The molecule has 1 aliphatic rings. The Bertz CT molecular complexity index is 279. The van der Waals surface area contributed by atoms with E-state index in [0.29, 0.717) is 13.1 Å². The third-order valence-electron chi connectivity index (χ3n) is 1.48. The molecule has 1 aliphatic heterocycles. The molecule has 8 heteroatoms. The van der Waals surface area contributed by atoms with Crippen LogP contribution < -0.4 is 15.7 Å². The van der Waals surface area contributed by atoms with Gasteiger partial charge in [0.15, 0.2) is 0 Å². The minimum absolute atomic E-state index is 0.152. The quantitative estimate of drug-likeness (QED) is 0.498.